The van der Waals surface area contributed by atoms with Crippen molar-refractivity contribution >= 4 is 22.7 Å². The Bertz CT molecular complexity index is 589. The lowest BCUT2D eigenvalue weighted by Crippen LogP contribution is -2.28. The predicted octanol–water partition coefficient (Wildman–Crippen LogP) is 2.23. The molecule has 102 valence electrons. The molecule has 0 aliphatic heterocycles. The lowest BCUT2D eigenvalue weighted by atomic mass is 10.1. The largest absolute Gasteiger partial charge is 0.441 e. The first-order valence-corrected chi connectivity index (χ1v) is 6.36. The van der Waals surface area contributed by atoms with Gasteiger partial charge in [-0.05, 0) is 25.5 Å². The third-order valence-corrected chi connectivity index (χ3v) is 3.05. The van der Waals surface area contributed by atoms with E-state index in [1.54, 1.807) is 18.9 Å². The van der Waals surface area contributed by atoms with Gasteiger partial charge in [0.25, 0.3) is 0 Å². The maximum Gasteiger partial charge on any atom is 0.226 e. The number of aromatic nitrogens is 1. The number of carbonyl (C=O) groups is 1. The van der Waals surface area contributed by atoms with E-state index >= 15 is 0 Å². The number of nitrogens with zero attached hydrogens (tertiary/aromatic N) is 2. The van der Waals surface area contributed by atoms with Crippen LogP contribution >= 0.6 is 0 Å². The van der Waals surface area contributed by atoms with E-state index in [0.29, 0.717) is 24.3 Å². The van der Waals surface area contributed by atoms with Crippen molar-refractivity contribution in [3.05, 3.63) is 24.1 Å². The van der Waals surface area contributed by atoms with E-state index < -0.39 is 0 Å². The number of nitrogens with two attached hydrogens (primary N) is 1. The molecule has 2 N–H and O–H groups in total. The molecule has 1 aromatic carbocycles. The zero-order chi connectivity index (χ0) is 14.0. The standard InChI is InChI=1S/C14H19N3O2/c1-9(15)4-7-14(18)17(3)11-5-6-12-13(8-11)19-10(2)16-12/h5-6,8-9H,4,7,15H2,1-3H3. The Labute approximate surface area is 112 Å². The highest BCUT2D eigenvalue weighted by atomic mass is 16.3. The van der Waals surface area contributed by atoms with Gasteiger partial charge in [0, 0.05) is 38.2 Å². The third kappa shape index (κ3) is 3.12. The van der Waals surface area contributed by atoms with Crippen LogP contribution in [0.5, 0.6) is 0 Å². The van der Waals surface area contributed by atoms with Crippen molar-refractivity contribution in [3.63, 3.8) is 0 Å². The number of rotatable bonds is 4. The maximum atomic E-state index is 12.0. The molecule has 1 heterocycles. The Balaban J connectivity index is 2.16. The number of oxazole rings is 1. The Kier molecular flexibility index (Phi) is 3.85. The average Bonchev–Trinajstić information content (AvgIpc) is 2.73. The second-order valence-corrected chi connectivity index (χ2v) is 4.85. The maximum absolute atomic E-state index is 12.0. The topological polar surface area (TPSA) is 72.4 Å². The van der Waals surface area contributed by atoms with E-state index in [4.69, 9.17) is 10.2 Å². The summed E-state index contributed by atoms with van der Waals surface area (Å²) in [5, 5.41) is 0. The van der Waals surface area contributed by atoms with Crippen molar-refractivity contribution in [2.75, 3.05) is 11.9 Å². The van der Waals surface area contributed by atoms with Gasteiger partial charge >= 0.3 is 0 Å². The van der Waals surface area contributed by atoms with Crippen LogP contribution in [0.4, 0.5) is 5.69 Å². The second-order valence-electron chi connectivity index (χ2n) is 4.85. The molecule has 0 bridgehead atoms. The van der Waals surface area contributed by atoms with Gasteiger partial charge in [0.2, 0.25) is 5.91 Å². The molecule has 0 aliphatic rings. The Morgan fingerprint density at radius 1 is 1.53 bits per heavy atom. The predicted molar refractivity (Wildman–Crippen MR) is 75.0 cm³/mol. The van der Waals surface area contributed by atoms with Gasteiger partial charge in [0.15, 0.2) is 11.5 Å². The number of aryl methyl sites for hydroxylation is 1. The number of benzene rings is 1. The third-order valence-electron chi connectivity index (χ3n) is 3.05. The number of hydrogen-bond acceptors (Lipinski definition) is 4. The van der Waals surface area contributed by atoms with Gasteiger partial charge in [0.1, 0.15) is 5.52 Å². The van der Waals surface area contributed by atoms with Crippen molar-refractivity contribution in [1.82, 2.24) is 4.98 Å². The van der Waals surface area contributed by atoms with Gasteiger partial charge < -0.3 is 15.1 Å². The SMILES string of the molecule is Cc1nc2ccc(N(C)C(=O)CCC(C)N)cc2o1. The minimum atomic E-state index is 0.0387. The normalized spacial score (nSPS) is 12.6. The molecule has 0 spiro atoms. The second kappa shape index (κ2) is 5.40. The molecule has 0 saturated heterocycles. The highest BCUT2D eigenvalue weighted by molar-refractivity contribution is 5.94. The molecule has 2 aromatic rings. The van der Waals surface area contributed by atoms with Gasteiger partial charge in [-0.1, -0.05) is 0 Å². The van der Waals surface area contributed by atoms with E-state index in [1.165, 1.54) is 0 Å². The Morgan fingerprint density at radius 3 is 2.95 bits per heavy atom. The van der Waals surface area contributed by atoms with E-state index in [0.717, 1.165) is 11.2 Å². The molecule has 5 heteroatoms. The lowest BCUT2D eigenvalue weighted by molar-refractivity contribution is -0.118. The summed E-state index contributed by atoms with van der Waals surface area (Å²) >= 11 is 0. The van der Waals surface area contributed by atoms with Crippen LogP contribution in [-0.2, 0) is 4.79 Å². The summed E-state index contributed by atoms with van der Waals surface area (Å²) in [4.78, 5) is 17.9. The van der Waals surface area contributed by atoms with Crippen molar-refractivity contribution in [2.45, 2.75) is 32.7 Å². The molecule has 1 amide bonds. The summed E-state index contributed by atoms with van der Waals surface area (Å²) in [5.74, 6) is 0.672. The fourth-order valence-corrected chi connectivity index (χ4v) is 1.90. The van der Waals surface area contributed by atoms with Gasteiger partial charge in [-0.3, -0.25) is 4.79 Å². The summed E-state index contributed by atoms with van der Waals surface area (Å²) in [5.41, 5.74) is 7.97. The first-order valence-electron chi connectivity index (χ1n) is 6.36. The van der Waals surface area contributed by atoms with E-state index in [9.17, 15) is 4.79 Å². The van der Waals surface area contributed by atoms with Gasteiger partial charge in [-0.15, -0.1) is 0 Å². The van der Waals surface area contributed by atoms with Gasteiger partial charge in [-0.2, -0.15) is 0 Å². The van der Waals surface area contributed by atoms with Gasteiger partial charge in [-0.25, -0.2) is 4.98 Å². The summed E-state index contributed by atoms with van der Waals surface area (Å²) in [6.07, 6.45) is 1.13. The number of hydrogen-bond donors (Lipinski definition) is 1. The summed E-state index contributed by atoms with van der Waals surface area (Å²) in [6, 6.07) is 5.60. The van der Waals surface area contributed by atoms with E-state index in [2.05, 4.69) is 4.98 Å². The summed E-state index contributed by atoms with van der Waals surface area (Å²) in [6.45, 7) is 3.70. The number of carbonyl (C=O) groups excluding carboxylic acids is 1. The van der Waals surface area contributed by atoms with Crippen LogP contribution in [0.15, 0.2) is 22.6 Å². The highest BCUT2D eigenvalue weighted by Gasteiger charge is 2.13. The van der Waals surface area contributed by atoms with Crippen LogP contribution < -0.4 is 10.6 Å². The van der Waals surface area contributed by atoms with Crippen molar-refractivity contribution in [2.24, 2.45) is 5.73 Å². The Hall–Kier alpha value is -1.88. The number of fused-ring (bicyclic) bond motifs is 1. The molecule has 0 saturated carbocycles. The molecular formula is C14H19N3O2. The highest BCUT2D eigenvalue weighted by Crippen LogP contribution is 2.22. The average molecular weight is 261 g/mol. The lowest BCUT2D eigenvalue weighted by Gasteiger charge is -2.17. The van der Waals surface area contributed by atoms with Crippen molar-refractivity contribution in [1.29, 1.82) is 0 Å². The molecular weight excluding hydrogens is 242 g/mol. The zero-order valence-electron chi connectivity index (χ0n) is 11.5. The zero-order valence-corrected chi connectivity index (χ0v) is 11.5. The summed E-state index contributed by atoms with van der Waals surface area (Å²) in [7, 11) is 1.76. The first-order chi connectivity index (χ1) is 8.97. The molecule has 1 unspecified atom stereocenters. The summed E-state index contributed by atoms with van der Waals surface area (Å²) < 4.78 is 5.47. The minimum Gasteiger partial charge on any atom is -0.441 e. The van der Waals surface area contributed by atoms with Crippen LogP contribution in [0, 0.1) is 6.92 Å². The molecule has 1 atom stereocenters. The van der Waals surface area contributed by atoms with Crippen LogP contribution in [0.3, 0.4) is 0 Å². The molecule has 0 aliphatic carbocycles. The van der Waals surface area contributed by atoms with Crippen LogP contribution in [0.25, 0.3) is 11.1 Å². The van der Waals surface area contributed by atoms with Crippen molar-refractivity contribution in [3.8, 4) is 0 Å². The smallest absolute Gasteiger partial charge is 0.226 e. The molecule has 2 rings (SSSR count). The first kappa shape index (κ1) is 13.5. The Morgan fingerprint density at radius 2 is 2.26 bits per heavy atom. The number of anilines is 1. The molecule has 1 aromatic heterocycles. The quantitative estimate of drug-likeness (QED) is 0.916. The monoisotopic (exact) mass is 261 g/mol. The fourth-order valence-electron chi connectivity index (χ4n) is 1.90. The molecule has 0 radical (unpaired) electrons. The van der Waals surface area contributed by atoms with Gasteiger partial charge in [0.05, 0.1) is 0 Å². The van der Waals surface area contributed by atoms with E-state index in [1.807, 2.05) is 25.1 Å². The fraction of sp³-hybridized carbons (Fsp3) is 0.429. The number of amides is 1. The molecule has 0 fully saturated rings. The van der Waals surface area contributed by atoms with Crippen LogP contribution in [0.2, 0.25) is 0 Å². The van der Waals surface area contributed by atoms with Crippen LogP contribution in [-0.4, -0.2) is 24.0 Å². The molecule has 5 nitrogen and oxygen atoms in total. The van der Waals surface area contributed by atoms with E-state index in [-0.39, 0.29) is 11.9 Å². The molecule has 19 heavy (non-hydrogen) atoms. The van der Waals surface area contributed by atoms with Crippen molar-refractivity contribution < 1.29 is 9.21 Å². The van der Waals surface area contributed by atoms with Crippen LogP contribution in [0.1, 0.15) is 25.7 Å². The minimum absolute atomic E-state index is 0.0387.